The van der Waals surface area contributed by atoms with Crippen molar-refractivity contribution in [1.82, 2.24) is 4.98 Å². The maximum atomic E-state index is 12.8. The van der Waals surface area contributed by atoms with Gasteiger partial charge in [0.05, 0.1) is 23.3 Å². The van der Waals surface area contributed by atoms with Crippen molar-refractivity contribution in [2.24, 2.45) is 0 Å². The number of halogens is 3. The third kappa shape index (κ3) is 4.55. The highest BCUT2D eigenvalue weighted by Gasteiger charge is 2.30. The van der Waals surface area contributed by atoms with Crippen molar-refractivity contribution in [2.75, 3.05) is 6.61 Å². The van der Waals surface area contributed by atoms with Gasteiger partial charge in [-0.15, -0.1) is 0 Å². The van der Waals surface area contributed by atoms with Gasteiger partial charge in [-0.3, -0.25) is 4.98 Å². The minimum atomic E-state index is -4.39. The van der Waals surface area contributed by atoms with Crippen molar-refractivity contribution in [3.05, 3.63) is 71.4 Å². The normalized spacial score (nSPS) is 11.4. The Morgan fingerprint density at radius 3 is 2.67 bits per heavy atom. The molecule has 0 aliphatic carbocycles. The first-order valence-corrected chi connectivity index (χ1v) is 8.22. The summed E-state index contributed by atoms with van der Waals surface area (Å²) in [5.41, 5.74) is 0.650. The van der Waals surface area contributed by atoms with E-state index in [1.165, 1.54) is 12.3 Å². The number of alkyl halides is 3. The molecule has 0 saturated heterocycles. The van der Waals surface area contributed by atoms with E-state index in [4.69, 9.17) is 9.47 Å². The lowest BCUT2D eigenvalue weighted by atomic mass is 10.1. The highest BCUT2D eigenvalue weighted by Crippen LogP contribution is 2.30. The second kappa shape index (κ2) is 7.65. The first-order chi connectivity index (χ1) is 12.9. The molecule has 0 bridgehead atoms. The van der Waals surface area contributed by atoms with Gasteiger partial charge in [-0.05, 0) is 42.8 Å². The Hall–Kier alpha value is -3.09. The number of rotatable bonds is 5. The predicted octanol–water partition coefficient (Wildman–Crippen LogP) is 5.01. The van der Waals surface area contributed by atoms with E-state index in [9.17, 15) is 18.0 Å². The van der Waals surface area contributed by atoms with Gasteiger partial charge in [0.2, 0.25) is 0 Å². The second-order valence-corrected chi connectivity index (χ2v) is 5.79. The maximum absolute atomic E-state index is 12.8. The van der Waals surface area contributed by atoms with Crippen molar-refractivity contribution < 1.29 is 27.4 Å². The van der Waals surface area contributed by atoms with E-state index < -0.39 is 17.7 Å². The minimum absolute atomic E-state index is 0.00363. The Bertz CT molecular complexity index is 970. The highest BCUT2D eigenvalue weighted by molar-refractivity contribution is 5.93. The summed E-state index contributed by atoms with van der Waals surface area (Å²) in [7, 11) is 0. The number of hydrogen-bond acceptors (Lipinski definition) is 4. The number of hydrogen-bond donors (Lipinski definition) is 0. The molecule has 0 amide bonds. The fourth-order valence-electron chi connectivity index (χ4n) is 2.52. The van der Waals surface area contributed by atoms with Gasteiger partial charge in [-0.25, -0.2) is 4.79 Å². The molecule has 3 aromatic rings. The third-order valence-corrected chi connectivity index (χ3v) is 3.83. The van der Waals surface area contributed by atoms with E-state index in [0.717, 1.165) is 17.5 Å². The topological polar surface area (TPSA) is 48.4 Å². The van der Waals surface area contributed by atoms with Gasteiger partial charge < -0.3 is 9.47 Å². The monoisotopic (exact) mass is 375 g/mol. The van der Waals surface area contributed by atoms with Crippen LogP contribution in [0.15, 0.2) is 54.7 Å². The van der Waals surface area contributed by atoms with E-state index in [0.29, 0.717) is 22.4 Å². The van der Waals surface area contributed by atoms with Gasteiger partial charge in [0, 0.05) is 17.6 Å². The van der Waals surface area contributed by atoms with Crippen LogP contribution in [0.5, 0.6) is 5.75 Å². The summed E-state index contributed by atoms with van der Waals surface area (Å²) in [5, 5.41) is 0.729. The fraction of sp³-hybridized carbons (Fsp3) is 0.200. The third-order valence-electron chi connectivity index (χ3n) is 3.83. The predicted molar refractivity (Wildman–Crippen MR) is 93.5 cm³/mol. The zero-order valence-corrected chi connectivity index (χ0v) is 14.4. The maximum Gasteiger partial charge on any atom is 0.416 e. The molecule has 3 rings (SSSR count). The molecule has 0 radical (unpaired) electrons. The number of carbonyl (C=O) groups is 1. The molecule has 0 N–H and O–H groups in total. The summed E-state index contributed by atoms with van der Waals surface area (Å²) >= 11 is 0. The lowest BCUT2D eigenvalue weighted by molar-refractivity contribution is -0.137. The summed E-state index contributed by atoms with van der Waals surface area (Å²) in [6, 6.07) is 11.7. The smallest absolute Gasteiger partial charge is 0.416 e. The fourth-order valence-corrected chi connectivity index (χ4v) is 2.52. The molecule has 0 aliphatic rings. The second-order valence-electron chi connectivity index (χ2n) is 5.79. The van der Waals surface area contributed by atoms with Gasteiger partial charge in [-0.1, -0.05) is 12.1 Å². The molecule has 140 valence electrons. The molecule has 1 heterocycles. The quantitative estimate of drug-likeness (QED) is 0.588. The van der Waals surface area contributed by atoms with Crippen LogP contribution in [0, 0.1) is 0 Å². The van der Waals surface area contributed by atoms with Crippen LogP contribution in [0.25, 0.3) is 10.9 Å². The number of nitrogens with zero attached hydrogens (tertiary/aromatic N) is 1. The molecular weight excluding hydrogens is 359 g/mol. The molecule has 27 heavy (non-hydrogen) atoms. The largest absolute Gasteiger partial charge is 0.489 e. The van der Waals surface area contributed by atoms with Crippen LogP contribution in [-0.2, 0) is 17.5 Å². The molecule has 7 heteroatoms. The Kier molecular flexibility index (Phi) is 5.30. The number of pyridine rings is 1. The van der Waals surface area contributed by atoms with Crippen LogP contribution in [0.4, 0.5) is 13.2 Å². The molecule has 0 atom stereocenters. The van der Waals surface area contributed by atoms with Gasteiger partial charge in [-0.2, -0.15) is 13.2 Å². The molecule has 2 aromatic carbocycles. The van der Waals surface area contributed by atoms with Crippen molar-refractivity contribution in [3.8, 4) is 5.75 Å². The van der Waals surface area contributed by atoms with E-state index in [1.54, 1.807) is 37.3 Å². The average Bonchev–Trinajstić information content (AvgIpc) is 2.65. The van der Waals surface area contributed by atoms with E-state index >= 15 is 0 Å². The Balaban J connectivity index is 1.74. The molecule has 0 aliphatic heterocycles. The average molecular weight is 375 g/mol. The van der Waals surface area contributed by atoms with Crippen molar-refractivity contribution in [3.63, 3.8) is 0 Å². The number of esters is 1. The summed E-state index contributed by atoms with van der Waals surface area (Å²) in [5.74, 6) is 0.0214. The molecular formula is C20H16F3NO3. The standard InChI is InChI=1S/C20H16F3NO3/c1-2-26-19(25)15-9-14-6-7-17(10-18(14)24-11-15)27-12-13-4-3-5-16(8-13)20(21,22)23/h3-11H,2,12H2,1H3. The molecule has 0 unspecified atom stereocenters. The summed E-state index contributed by atoms with van der Waals surface area (Å²) in [6.07, 6.45) is -2.98. The minimum Gasteiger partial charge on any atom is -0.489 e. The summed E-state index contributed by atoms with van der Waals surface area (Å²) in [6.45, 7) is 2.00. The molecule has 1 aromatic heterocycles. The Morgan fingerprint density at radius 1 is 1.11 bits per heavy atom. The number of fused-ring (bicyclic) bond motifs is 1. The van der Waals surface area contributed by atoms with Crippen LogP contribution in [0.1, 0.15) is 28.4 Å². The number of benzene rings is 2. The van der Waals surface area contributed by atoms with E-state index in [-0.39, 0.29) is 13.2 Å². The van der Waals surface area contributed by atoms with Crippen LogP contribution in [0.3, 0.4) is 0 Å². The van der Waals surface area contributed by atoms with Gasteiger partial charge in [0.15, 0.2) is 0 Å². The SMILES string of the molecule is CCOC(=O)c1cnc2cc(OCc3cccc(C(F)(F)F)c3)ccc2c1. The molecule has 0 saturated carbocycles. The first-order valence-electron chi connectivity index (χ1n) is 8.22. The molecule has 0 fully saturated rings. The van der Waals surface area contributed by atoms with Gasteiger partial charge in [0.1, 0.15) is 12.4 Å². The van der Waals surface area contributed by atoms with Crippen LogP contribution in [0.2, 0.25) is 0 Å². The zero-order valence-electron chi connectivity index (χ0n) is 14.4. The molecule has 4 nitrogen and oxygen atoms in total. The summed E-state index contributed by atoms with van der Waals surface area (Å²) < 4.78 is 48.8. The number of ether oxygens (including phenoxy) is 2. The Morgan fingerprint density at radius 2 is 1.93 bits per heavy atom. The molecule has 0 spiro atoms. The highest BCUT2D eigenvalue weighted by atomic mass is 19.4. The summed E-state index contributed by atoms with van der Waals surface area (Å²) in [4.78, 5) is 16.0. The lowest BCUT2D eigenvalue weighted by Gasteiger charge is -2.10. The van der Waals surface area contributed by atoms with Crippen LogP contribution in [-0.4, -0.2) is 17.6 Å². The van der Waals surface area contributed by atoms with E-state index in [1.807, 2.05) is 0 Å². The van der Waals surface area contributed by atoms with Crippen molar-refractivity contribution >= 4 is 16.9 Å². The first kappa shape index (κ1) is 18.7. The van der Waals surface area contributed by atoms with Gasteiger partial charge >= 0.3 is 12.1 Å². The zero-order chi connectivity index (χ0) is 19.4. The lowest BCUT2D eigenvalue weighted by Crippen LogP contribution is -2.06. The Labute approximate surface area is 153 Å². The van der Waals surface area contributed by atoms with Crippen molar-refractivity contribution in [2.45, 2.75) is 19.7 Å². The van der Waals surface area contributed by atoms with Crippen LogP contribution >= 0.6 is 0 Å². The number of aromatic nitrogens is 1. The van der Waals surface area contributed by atoms with Crippen LogP contribution < -0.4 is 4.74 Å². The van der Waals surface area contributed by atoms with E-state index in [2.05, 4.69) is 4.98 Å². The van der Waals surface area contributed by atoms with Crippen molar-refractivity contribution in [1.29, 1.82) is 0 Å². The van der Waals surface area contributed by atoms with Gasteiger partial charge in [0.25, 0.3) is 0 Å². The number of carbonyl (C=O) groups excluding carboxylic acids is 1.